The number of carbonyl (C=O) groups excluding carboxylic acids is 1. The third-order valence-corrected chi connectivity index (χ3v) is 6.86. The number of imidazole rings is 1. The van der Waals surface area contributed by atoms with Crippen LogP contribution in [0.15, 0.2) is 35.7 Å². The highest BCUT2D eigenvalue weighted by molar-refractivity contribution is 7.89. The summed E-state index contributed by atoms with van der Waals surface area (Å²) in [5, 5.41) is 2.66. The Hall–Kier alpha value is -1.97. The van der Waals surface area contributed by atoms with Gasteiger partial charge in [0.15, 0.2) is 5.03 Å². The minimum absolute atomic E-state index is 0.0186. The number of hydrogen-bond acceptors (Lipinski definition) is 4. The van der Waals surface area contributed by atoms with E-state index >= 15 is 0 Å². The average molecular weight is 429 g/mol. The van der Waals surface area contributed by atoms with Crippen molar-refractivity contribution in [2.24, 2.45) is 5.92 Å². The van der Waals surface area contributed by atoms with E-state index in [9.17, 15) is 17.6 Å². The summed E-state index contributed by atoms with van der Waals surface area (Å²) in [5.41, 5.74) is 0.408. The van der Waals surface area contributed by atoms with E-state index in [0.717, 1.165) is 0 Å². The van der Waals surface area contributed by atoms with Gasteiger partial charge in [-0.2, -0.15) is 4.31 Å². The molecule has 0 atom stereocenters. The predicted molar refractivity (Wildman–Crippen MR) is 104 cm³/mol. The van der Waals surface area contributed by atoms with Gasteiger partial charge in [0, 0.05) is 36.9 Å². The van der Waals surface area contributed by atoms with Gasteiger partial charge in [-0.05, 0) is 44.9 Å². The number of nitrogens with zero attached hydrogens (tertiary/aromatic N) is 3. The molecule has 1 fully saturated rings. The van der Waals surface area contributed by atoms with Crippen molar-refractivity contribution in [3.05, 3.63) is 41.6 Å². The van der Waals surface area contributed by atoms with Crippen LogP contribution in [0.5, 0.6) is 0 Å². The first kappa shape index (κ1) is 20.8. The molecule has 1 aliphatic heterocycles. The number of amides is 1. The second-order valence-electron chi connectivity index (χ2n) is 7.05. The molecule has 1 aromatic heterocycles. The first-order valence-electron chi connectivity index (χ1n) is 8.98. The monoisotopic (exact) mass is 428 g/mol. The van der Waals surface area contributed by atoms with Crippen LogP contribution in [0.3, 0.4) is 0 Å². The zero-order valence-electron chi connectivity index (χ0n) is 15.6. The number of halogens is 2. The van der Waals surface area contributed by atoms with Gasteiger partial charge < -0.3 is 9.88 Å². The lowest BCUT2D eigenvalue weighted by Gasteiger charge is -2.30. The van der Waals surface area contributed by atoms with E-state index in [4.69, 9.17) is 11.6 Å². The van der Waals surface area contributed by atoms with E-state index in [1.165, 1.54) is 35.0 Å². The van der Waals surface area contributed by atoms with E-state index in [1.807, 2.05) is 13.8 Å². The van der Waals surface area contributed by atoms with Gasteiger partial charge in [0.25, 0.3) is 10.0 Å². The third-order valence-electron chi connectivity index (χ3n) is 4.79. The Bertz CT molecular complexity index is 969. The van der Waals surface area contributed by atoms with Crippen LogP contribution in [-0.4, -0.2) is 41.3 Å². The molecule has 1 aromatic carbocycles. The van der Waals surface area contributed by atoms with Crippen LogP contribution in [0.4, 0.5) is 10.1 Å². The largest absolute Gasteiger partial charge is 0.334 e. The molecule has 10 heteroatoms. The molecule has 152 valence electrons. The van der Waals surface area contributed by atoms with Crippen molar-refractivity contribution >= 4 is 33.2 Å². The summed E-state index contributed by atoms with van der Waals surface area (Å²) in [6, 6.07) is 4.08. The fourth-order valence-electron chi connectivity index (χ4n) is 3.04. The minimum atomic E-state index is -3.68. The maximum Gasteiger partial charge on any atom is 0.262 e. The molecule has 1 aliphatic rings. The van der Waals surface area contributed by atoms with Crippen LogP contribution in [-0.2, 0) is 14.8 Å². The van der Waals surface area contributed by atoms with Crippen molar-refractivity contribution in [1.29, 1.82) is 0 Å². The standard InChI is InChI=1S/C18H22ClFN4O3S/c1-12(2)23-10-17(21-11-23)28(26,27)24-7-5-13(6-8-24)18(25)22-14-3-4-16(20)15(19)9-14/h3-4,9-13H,5-8H2,1-2H3,(H,22,25). The molecule has 7 nitrogen and oxygen atoms in total. The number of anilines is 1. The average Bonchev–Trinajstić information content (AvgIpc) is 3.16. The van der Waals surface area contributed by atoms with Gasteiger partial charge in [0.05, 0.1) is 11.3 Å². The molecule has 3 rings (SSSR count). The summed E-state index contributed by atoms with van der Waals surface area (Å²) in [4.78, 5) is 16.5. The van der Waals surface area contributed by atoms with Gasteiger partial charge in [-0.1, -0.05) is 11.6 Å². The molecule has 0 radical (unpaired) electrons. The summed E-state index contributed by atoms with van der Waals surface area (Å²) in [5.74, 6) is -1.12. The van der Waals surface area contributed by atoms with Gasteiger partial charge in [-0.3, -0.25) is 4.79 Å². The molecule has 0 unspecified atom stereocenters. The van der Waals surface area contributed by atoms with Crippen LogP contribution < -0.4 is 5.32 Å². The summed E-state index contributed by atoms with van der Waals surface area (Å²) in [6.07, 6.45) is 3.82. The fourth-order valence-corrected chi connectivity index (χ4v) is 4.61. The topological polar surface area (TPSA) is 84.3 Å². The number of aromatic nitrogens is 2. The highest BCUT2D eigenvalue weighted by Crippen LogP contribution is 2.25. The van der Waals surface area contributed by atoms with E-state index < -0.39 is 15.8 Å². The number of piperidine rings is 1. The molecule has 1 N–H and O–H groups in total. The van der Waals surface area contributed by atoms with E-state index in [-0.39, 0.29) is 41.0 Å². The number of sulfonamides is 1. The van der Waals surface area contributed by atoms with Crippen molar-refractivity contribution < 1.29 is 17.6 Å². The Balaban J connectivity index is 1.61. The Labute approximate surface area is 168 Å². The summed E-state index contributed by atoms with van der Waals surface area (Å²) in [7, 11) is -3.68. The minimum Gasteiger partial charge on any atom is -0.334 e. The maximum atomic E-state index is 13.2. The number of carbonyl (C=O) groups is 1. The molecule has 0 aliphatic carbocycles. The SMILES string of the molecule is CC(C)n1cnc(S(=O)(=O)N2CCC(C(=O)Nc3ccc(F)c(Cl)c3)CC2)c1. The van der Waals surface area contributed by atoms with Gasteiger partial charge in [0.1, 0.15) is 5.82 Å². The van der Waals surface area contributed by atoms with Crippen molar-refractivity contribution in [2.75, 3.05) is 18.4 Å². The van der Waals surface area contributed by atoms with Crippen LogP contribution in [0.2, 0.25) is 5.02 Å². The highest BCUT2D eigenvalue weighted by Gasteiger charge is 2.33. The molecule has 1 amide bonds. The molecule has 0 bridgehead atoms. The van der Waals surface area contributed by atoms with Gasteiger partial charge >= 0.3 is 0 Å². The van der Waals surface area contributed by atoms with E-state index in [2.05, 4.69) is 10.3 Å². The quantitative estimate of drug-likeness (QED) is 0.791. The van der Waals surface area contributed by atoms with Gasteiger partial charge in [-0.15, -0.1) is 0 Å². The molecule has 2 aromatic rings. The van der Waals surface area contributed by atoms with Crippen molar-refractivity contribution in [1.82, 2.24) is 13.9 Å². The fraction of sp³-hybridized carbons (Fsp3) is 0.444. The molecule has 2 heterocycles. The lowest BCUT2D eigenvalue weighted by atomic mass is 9.97. The summed E-state index contributed by atoms with van der Waals surface area (Å²) in [6.45, 7) is 4.35. The third kappa shape index (κ3) is 4.37. The number of hydrogen-bond donors (Lipinski definition) is 1. The molecule has 1 saturated heterocycles. The number of rotatable bonds is 5. The van der Waals surface area contributed by atoms with Crippen molar-refractivity contribution in [3.63, 3.8) is 0 Å². The molecule has 28 heavy (non-hydrogen) atoms. The van der Waals surface area contributed by atoms with Crippen LogP contribution in [0, 0.1) is 11.7 Å². The van der Waals surface area contributed by atoms with E-state index in [0.29, 0.717) is 18.5 Å². The Morgan fingerprint density at radius 3 is 2.57 bits per heavy atom. The zero-order valence-corrected chi connectivity index (χ0v) is 17.2. The Morgan fingerprint density at radius 1 is 1.32 bits per heavy atom. The lowest BCUT2D eigenvalue weighted by molar-refractivity contribution is -0.120. The Morgan fingerprint density at radius 2 is 2.00 bits per heavy atom. The lowest BCUT2D eigenvalue weighted by Crippen LogP contribution is -2.41. The molecule has 0 spiro atoms. The molecule has 0 saturated carbocycles. The second kappa shape index (κ2) is 8.18. The first-order chi connectivity index (χ1) is 13.2. The summed E-state index contributed by atoms with van der Waals surface area (Å²) >= 11 is 5.72. The van der Waals surface area contributed by atoms with Crippen LogP contribution >= 0.6 is 11.6 Å². The zero-order chi connectivity index (χ0) is 20.5. The van der Waals surface area contributed by atoms with Gasteiger partial charge in [-0.25, -0.2) is 17.8 Å². The van der Waals surface area contributed by atoms with Crippen molar-refractivity contribution in [2.45, 2.75) is 37.8 Å². The van der Waals surface area contributed by atoms with E-state index in [1.54, 1.807) is 4.57 Å². The predicted octanol–water partition coefficient (Wildman–Crippen LogP) is 3.30. The maximum absolute atomic E-state index is 13.2. The van der Waals surface area contributed by atoms with Crippen LogP contribution in [0.1, 0.15) is 32.7 Å². The summed E-state index contributed by atoms with van der Waals surface area (Å²) < 4.78 is 41.8. The number of benzene rings is 1. The highest BCUT2D eigenvalue weighted by atomic mass is 35.5. The Kier molecular flexibility index (Phi) is 6.07. The number of nitrogens with one attached hydrogen (secondary N) is 1. The van der Waals surface area contributed by atoms with Crippen molar-refractivity contribution in [3.8, 4) is 0 Å². The molecular weight excluding hydrogens is 407 g/mol. The second-order valence-corrected chi connectivity index (χ2v) is 9.34. The normalized spacial score (nSPS) is 16.5. The van der Waals surface area contributed by atoms with Gasteiger partial charge in [0.2, 0.25) is 5.91 Å². The molecular formula is C18H22ClFN4O3S. The smallest absolute Gasteiger partial charge is 0.262 e. The van der Waals surface area contributed by atoms with Crippen LogP contribution in [0.25, 0.3) is 0 Å². The first-order valence-corrected chi connectivity index (χ1v) is 10.8.